The number of amides is 2. The third kappa shape index (κ3) is 7.01. The van der Waals surface area contributed by atoms with Gasteiger partial charge in [-0.1, -0.05) is 30.7 Å². The molecule has 4 atom stereocenters. The molecule has 1 heterocycles. The number of hydrogen-bond acceptors (Lipinski definition) is 5. The van der Waals surface area contributed by atoms with Gasteiger partial charge in [-0.15, -0.1) is 0 Å². The third-order valence-electron chi connectivity index (χ3n) is 7.51. The van der Waals surface area contributed by atoms with E-state index in [-0.39, 0.29) is 17.9 Å². The van der Waals surface area contributed by atoms with E-state index in [0.717, 1.165) is 32.5 Å². The van der Waals surface area contributed by atoms with Crippen LogP contribution in [0.5, 0.6) is 0 Å². The molecule has 0 radical (unpaired) electrons. The molecule has 1 aromatic rings. The summed E-state index contributed by atoms with van der Waals surface area (Å²) in [6.45, 7) is 7.82. The summed E-state index contributed by atoms with van der Waals surface area (Å²) in [6, 6.07) is 8.09. The molecule has 1 saturated carbocycles. The highest BCUT2D eigenvalue weighted by Gasteiger charge is 2.40. The van der Waals surface area contributed by atoms with Gasteiger partial charge in [0.05, 0.1) is 6.61 Å². The molecule has 2 amide bonds. The van der Waals surface area contributed by atoms with Crippen LogP contribution in [0.3, 0.4) is 0 Å². The number of nitrogens with zero attached hydrogens (tertiary/aromatic N) is 2. The van der Waals surface area contributed by atoms with Gasteiger partial charge in [-0.2, -0.15) is 0 Å². The van der Waals surface area contributed by atoms with E-state index in [1.165, 1.54) is 24.0 Å². The van der Waals surface area contributed by atoms with E-state index in [4.69, 9.17) is 10.5 Å². The Balaban J connectivity index is 1.65. The van der Waals surface area contributed by atoms with Crippen LogP contribution in [0.25, 0.3) is 0 Å². The Labute approximate surface area is 199 Å². The van der Waals surface area contributed by atoms with E-state index in [1.807, 2.05) is 6.07 Å². The van der Waals surface area contributed by atoms with Crippen LogP contribution in [0.1, 0.15) is 50.2 Å². The number of benzene rings is 1. The van der Waals surface area contributed by atoms with Gasteiger partial charge in [0.2, 0.25) is 11.8 Å². The van der Waals surface area contributed by atoms with Gasteiger partial charge >= 0.3 is 0 Å². The first-order chi connectivity index (χ1) is 15.9. The molecule has 1 aliphatic carbocycles. The lowest BCUT2D eigenvalue weighted by molar-refractivity contribution is -0.137. The molecule has 33 heavy (non-hydrogen) atoms. The van der Waals surface area contributed by atoms with Crippen molar-refractivity contribution in [3.63, 3.8) is 0 Å². The highest BCUT2D eigenvalue weighted by atomic mass is 16.5. The largest absolute Gasteiger partial charge is 0.383 e. The molecular weight excluding hydrogens is 416 g/mol. The van der Waals surface area contributed by atoms with E-state index >= 15 is 0 Å². The molecule has 1 saturated heterocycles. The van der Waals surface area contributed by atoms with Crippen LogP contribution in [0.15, 0.2) is 24.3 Å². The summed E-state index contributed by atoms with van der Waals surface area (Å²) >= 11 is 0. The number of nitrogens with one attached hydrogen (secondary N) is 1. The number of ether oxygens (including phenoxy) is 1. The number of nitrogens with two attached hydrogens (primary N) is 1. The normalized spacial score (nSPS) is 25.4. The number of methoxy groups -OCH3 is 1. The first-order valence-electron chi connectivity index (χ1n) is 12.4. The fraction of sp³-hybridized carbons (Fsp3) is 0.692. The van der Waals surface area contributed by atoms with Crippen LogP contribution >= 0.6 is 0 Å². The van der Waals surface area contributed by atoms with Crippen molar-refractivity contribution in [1.82, 2.24) is 15.1 Å². The average molecular weight is 459 g/mol. The van der Waals surface area contributed by atoms with Gasteiger partial charge in [0.15, 0.2) is 0 Å². The molecule has 7 nitrogen and oxygen atoms in total. The standard InChI is InChI=1S/C26H42N4O3/c1-19-7-4-5-10-23(19)17-29(11-12-33-3)24-14-25(30(18-24)20(2)31)26(32)28-16-22-9-6-8-21(13-22)15-27/h4-5,7,10,21-22,24-25H,6,8-9,11-18,27H2,1-3H3,(H,28,32). The Kier molecular flexibility index (Phi) is 9.71. The lowest BCUT2D eigenvalue weighted by atomic mass is 9.81. The van der Waals surface area contributed by atoms with Crippen LogP contribution in [-0.2, 0) is 20.9 Å². The summed E-state index contributed by atoms with van der Waals surface area (Å²) in [6.07, 6.45) is 5.25. The summed E-state index contributed by atoms with van der Waals surface area (Å²) in [5.74, 6) is 0.991. The van der Waals surface area contributed by atoms with Crippen LogP contribution in [-0.4, -0.2) is 73.6 Å². The number of hydrogen-bond donors (Lipinski definition) is 2. The molecule has 1 aliphatic heterocycles. The monoisotopic (exact) mass is 458 g/mol. The minimum Gasteiger partial charge on any atom is -0.383 e. The maximum Gasteiger partial charge on any atom is 0.242 e. The Morgan fingerprint density at radius 3 is 2.67 bits per heavy atom. The van der Waals surface area contributed by atoms with Gasteiger partial charge < -0.3 is 20.7 Å². The summed E-state index contributed by atoms with van der Waals surface area (Å²) in [5.41, 5.74) is 8.39. The zero-order valence-electron chi connectivity index (χ0n) is 20.6. The lowest BCUT2D eigenvalue weighted by Gasteiger charge is -2.29. The SMILES string of the molecule is COCCN(Cc1ccccc1C)C1CC(C(=O)NCC2CCCC(CN)C2)N(C(C)=O)C1. The number of rotatable bonds is 10. The molecule has 2 fully saturated rings. The van der Waals surface area contributed by atoms with Crippen LogP contribution in [0, 0.1) is 18.8 Å². The van der Waals surface area contributed by atoms with Crippen molar-refractivity contribution in [1.29, 1.82) is 0 Å². The number of carbonyl (C=O) groups excluding carboxylic acids is 2. The van der Waals surface area contributed by atoms with Crippen molar-refractivity contribution in [3.05, 3.63) is 35.4 Å². The molecule has 0 spiro atoms. The second kappa shape index (κ2) is 12.5. The van der Waals surface area contributed by atoms with Crippen molar-refractivity contribution in [2.45, 2.75) is 64.6 Å². The number of carbonyl (C=O) groups is 2. The van der Waals surface area contributed by atoms with E-state index in [1.54, 1.807) is 18.9 Å². The van der Waals surface area contributed by atoms with E-state index in [0.29, 0.717) is 38.0 Å². The predicted octanol–water partition coefficient (Wildman–Crippen LogP) is 2.31. The molecule has 0 aromatic heterocycles. The van der Waals surface area contributed by atoms with Gasteiger partial charge in [0.1, 0.15) is 6.04 Å². The van der Waals surface area contributed by atoms with Crippen molar-refractivity contribution in [2.75, 3.05) is 39.9 Å². The summed E-state index contributed by atoms with van der Waals surface area (Å²) in [4.78, 5) is 29.7. The first kappa shape index (κ1) is 25.7. The summed E-state index contributed by atoms with van der Waals surface area (Å²) in [7, 11) is 1.71. The highest BCUT2D eigenvalue weighted by molar-refractivity contribution is 5.87. The van der Waals surface area contributed by atoms with Crippen molar-refractivity contribution in [3.8, 4) is 0 Å². The van der Waals surface area contributed by atoms with Gasteiger partial charge in [-0.3, -0.25) is 14.5 Å². The Hall–Kier alpha value is -1.96. The summed E-state index contributed by atoms with van der Waals surface area (Å²) in [5, 5.41) is 3.17. The quantitative estimate of drug-likeness (QED) is 0.562. The molecule has 7 heteroatoms. The molecule has 184 valence electrons. The van der Waals surface area contributed by atoms with Gasteiger partial charge in [-0.25, -0.2) is 0 Å². The lowest BCUT2D eigenvalue weighted by Crippen LogP contribution is -2.46. The molecule has 2 aliphatic rings. The van der Waals surface area contributed by atoms with Gasteiger partial charge in [0, 0.05) is 46.3 Å². The average Bonchev–Trinajstić information content (AvgIpc) is 3.27. The third-order valence-corrected chi connectivity index (χ3v) is 7.51. The maximum atomic E-state index is 13.2. The molecule has 3 N–H and O–H groups in total. The topological polar surface area (TPSA) is 87.9 Å². The van der Waals surface area contributed by atoms with Crippen LogP contribution < -0.4 is 11.1 Å². The number of likely N-dealkylation sites (tertiary alicyclic amines) is 1. The van der Waals surface area contributed by atoms with Crippen molar-refractivity contribution < 1.29 is 14.3 Å². The van der Waals surface area contributed by atoms with E-state index < -0.39 is 6.04 Å². The molecule has 1 aromatic carbocycles. The van der Waals surface area contributed by atoms with Crippen molar-refractivity contribution in [2.24, 2.45) is 17.6 Å². The van der Waals surface area contributed by atoms with Gasteiger partial charge in [-0.05, 0) is 62.1 Å². The fourth-order valence-electron chi connectivity index (χ4n) is 5.44. The molecule has 0 bridgehead atoms. The van der Waals surface area contributed by atoms with E-state index in [2.05, 4.69) is 35.3 Å². The summed E-state index contributed by atoms with van der Waals surface area (Å²) < 4.78 is 5.36. The van der Waals surface area contributed by atoms with Crippen LogP contribution in [0.4, 0.5) is 0 Å². The van der Waals surface area contributed by atoms with Crippen LogP contribution in [0.2, 0.25) is 0 Å². The Morgan fingerprint density at radius 2 is 1.97 bits per heavy atom. The van der Waals surface area contributed by atoms with Gasteiger partial charge in [0.25, 0.3) is 0 Å². The molecule has 3 rings (SSSR count). The highest BCUT2D eigenvalue weighted by Crippen LogP contribution is 2.29. The maximum absolute atomic E-state index is 13.2. The minimum absolute atomic E-state index is 0.0230. The number of aryl methyl sites for hydroxylation is 1. The minimum atomic E-state index is -0.414. The zero-order chi connectivity index (χ0) is 23.8. The Bertz CT molecular complexity index is 787. The zero-order valence-corrected chi connectivity index (χ0v) is 20.6. The predicted molar refractivity (Wildman–Crippen MR) is 131 cm³/mol. The molecule has 4 unspecified atom stereocenters. The second-order valence-corrected chi connectivity index (χ2v) is 9.85. The first-order valence-corrected chi connectivity index (χ1v) is 12.4. The van der Waals surface area contributed by atoms with E-state index in [9.17, 15) is 9.59 Å². The fourth-order valence-corrected chi connectivity index (χ4v) is 5.44. The van der Waals surface area contributed by atoms with Crippen molar-refractivity contribution >= 4 is 11.8 Å². The smallest absolute Gasteiger partial charge is 0.242 e. The Morgan fingerprint density at radius 1 is 1.21 bits per heavy atom. The second-order valence-electron chi connectivity index (χ2n) is 9.85. The molecular formula is C26H42N4O3.